The Hall–Kier alpha value is -3.22. The molecule has 3 heterocycles. The fraction of sp³-hybridized carbons (Fsp3) is 0.176. The van der Waals surface area contributed by atoms with Gasteiger partial charge in [0, 0.05) is 6.20 Å². The Bertz CT molecular complexity index is 956. The first kappa shape index (κ1) is 14.4. The van der Waals surface area contributed by atoms with E-state index in [4.69, 9.17) is 4.42 Å². The smallest absolute Gasteiger partial charge is 0.296 e. The molecule has 120 valence electrons. The lowest BCUT2D eigenvalue weighted by Gasteiger charge is -2.07. The van der Waals surface area contributed by atoms with Gasteiger partial charge in [0.1, 0.15) is 17.0 Å². The van der Waals surface area contributed by atoms with Crippen molar-refractivity contribution in [1.82, 2.24) is 25.1 Å². The second-order valence-corrected chi connectivity index (χ2v) is 5.62. The number of pyridine rings is 1. The van der Waals surface area contributed by atoms with Crippen molar-refractivity contribution in [2.24, 2.45) is 0 Å². The highest BCUT2D eigenvalue weighted by atomic mass is 16.4. The minimum Gasteiger partial charge on any atom is -0.424 e. The van der Waals surface area contributed by atoms with Crippen LogP contribution in [0.3, 0.4) is 0 Å². The van der Waals surface area contributed by atoms with Crippen molar-refractivity contribution in [1.29, 1.82) is 0 Å². The molecule has 24 heavy (non-hydrogen) atoms. The van der Waals surface area contributed by atoms with Crippen LogP contribution in [0.15, 0.2) is 47.0 Å². The highest BCUT2D eigenvalue weighted by Gasteiger charge is 2.15. The lowest BCUT2D eigenvalue weighted by Crippen LogP contribution is -2.08. The Labute approximate surface area is 138 Å². The topological polar surface area (TPSA) is 92.5 Å². The number of anilines is 1. The van der Waals surface area contributed by atoms with E-state index < -0.39 is 0 Å². The Balaban J connectivity index is 1.55. The van der Waals surface area contributed by atoms with Crippen LogP contribution in [0.25, 0.3) is 22.6 Å². The molecule has 0 amide bonds. The van der Waals surface area contributed by atoms with E-state index in [-0.39, 0.29) is 6.04 Å². The maximum Gasteiger partial charge on any atom is 0.296 e. The van der Waals surface area contributed by atoms with Gasteiger partial charge < -0.3 is 9.73 Å². The molecule has 1 atom stereocenters. The van der Waals surface area contributed by atoms with E-state index in [1.54, 1.807) is 6.20 Å². The lowest BCUT2D eigenvalue weighted by atomic mass is 10.2. The van der Waals surface area contributed by atoms with Gasteiger partial charge in [-0.2, -0.15) is 10.1 Å². The van der Waals surface area contributed by atoms with Crippen LogP contribution in [0.4, 0.5) is 6.01 Å². The third-order valence-corrected chi connectivity index (χ3v) is 3.69. The summed E-state index contributed by atoms with van der Waals surface area (Å²) in [6.45, 7) is 3.97. The first-order chi connectivity index (χ1) is 11.7. The number of aryl methyl sites for hydroxylation is 1. The summed E-state index contributed by atoms with van der Waals surface area (Å²) in [4.78, 5) is 13.2. The molecule has 4 rings (SSSR count). The molecule has 2 N–H and O–H groups in total. The second-order valence-electron chi connectivity index (χ2n) is 5.62. The van der Waals surface area contributed by atoms with E-state index in [0.717, 1.165) is 22.4 Å². The standard InChI is InChI=1S/C17H16N6O/c1-10-7-8-18-13(9-10)16-21-15(22-23-16)11(2)19-17-20-12-5-3-4-6-14(12)24-17/h3-9,11H,1-2H3,(H,19,20)(H,21,22,23). The van der Waals surface area contributed by atoms with Crippen molar-refractivity contribution in [3.05, 3.63) is 54.0 Å². The summed E-state index contributed by atoms with van der Waals surface area (Å²) < 4.78 is 5.67. The molecule has 0 spiro atoms. The largest absolute Gasteiger partial charge is 0.424 e. The van der Waals surface area contributed by atoms with Gasteiger partial charge in [-0.25, -0.2) is 4.98 Å². The van der Waals surface area contributed by atoms with Gasteiger partial charge in [-0.05, 0) is 43.7 Å². The van der Waals surface area contributed by atoms with Crippen molar-refractivity contribution in [2.45, 2.75) is 19.9 Å². The second kappa shape index (κ2) is 5.77. The first-order valence-electron chi connectivity index (χ1n) is 7.66. The van der Waals surface area contributed by atoms with Crippen LogP contribution in [0.2, 0.25) is 0 Å². The number of fused-ring (bicyclic) bond motifs is 1. The van der Waals surface area contributed by atoms with Crippen LogP contribution in [0, 0.1) is 6.92 Å². The monoisotopic (exact) mass is 320 g/mol. The van der Waals surface area contributed by atoms with Crippen molar-refractivity contribution < 1.29 is 4.42 Å². The van der Waals surface area contributed by atoms with E-state index >= 15 is 0 Å². The predicted molar refractivity (Wildman–Crippen MR) is 90.4 cm³/mol. The average molecular weight is 320 g/mol. The van der Waals surface area contributed by atoms with Crippen LogP contribution < -0.4 is 5.32 Å². The van der Waals surface area contributed by atoms with Crippen LogP contribution >= 0.6 is 0 Å². The molecule has 7 nitrogen and oxygen atoms in total. The fourth-order valence-electron chi connectivity index (χ4n) is 2.43. The van der Waals surface area contributed by atoms with Gasteiger partial charge in [0.15, 0.2) is 11.4 Å². The van der Waals surface area contributed by atoms with Gasteiger partial charge in [-0.3, -0.25) is 10.1 Å². The molecule has 0 aliphatic heterocycles. The van der Waals surface area contributed by atoms with Gasteiger partial charge in [-0.15, -0.1) is 0 Å². The van der Waals surface area contributed by atoms with Gasteiger partial charge in [0.05, 0.1) is 6.04 Å². The van der Waals surface area contributed by atoms with Gasteiger partial charge in [0.2, 0.25) is 0 Å². The Kier molecular flexibility index (Phi) is 3.45. The number of nitrogens with zero attached hydrogens (tertiary/aromatic N) is 4. The molecule has 0 bridgehead atoms. The minimum atomic E-state index is -0.135. The van der Waals surface area contributed by atoms with Crippen LogP contribution in [0.5, 0.6) is 0 Å². The van der Waals surface area contributed by atoms with E-state index in [0.29, 0.717) is 17.7 Å². The summed E-state index contributed by atoms with van der Waals surface area (Å²) in [5, 5.41) is 10.4. The molecule has 0 aliphatic rings. The van der Waals surface area contributed by atoms with Crippen LogP contribution in [0.1, 0.15) is 24.4 Å². The van der Waals surface area contributed by atoms with E-state index in [1.807, 2.05) is 50.2 Å². The summed E-state index contributed by atoms with van der Waals surface area (Å²) >= 11 is 0. The maximum absolute atomic E-state index is 5.67. The normalized spacial score (nSPS) is 12.4. The molecule has 0 fully saturated rings. The predicted octanol–water partition coefficient (Wildman–Crippen LogP) is 3.49. The SMILES string of the molecule is Cc1ccnc(-c2n[nH]c(C(C)Nc3nc4ccccc4o3)n2)c1. The van der Waals surface area contributed by atoms with E-state index in [2.05, 4.69) is 30.5 Å². The van der Waals surface area contributed by atoms with Crippen molar-refractivity contribution >= 4 is 17.1 Å². The van der Waals surface area contributed by atoms with Gasteiger partial charge in [0.25, 0.3) is 6.01 Å². The third-order valence-electron chi connectivity index (χ3n) is 3.69. The zero-order valence-corrected chi connectivity index (χ0v) is 13.3. The lowest BCUT2D eigenvalue weighted by molar-refractivity contribution is 0.599. The highest BCUT2D eigenvalue weighted by Crippen LogP contribution is 2.22. The summed E-state index contributed by atoms with van der Waals surface area (Å²) in [5.41, 5.74) is 3.42. The molecule has 4 aromatic rings. The van der Waals surface area contributed by atoms with E-state index in [1.165, 1.54) is 0 Å². The minimum absolute atomic E-state index is 0.135. The molecule has 0 saturated heterocycles. The quantitative estimate of drug-likeness (QED) is 0.598. The Morgan fingerprint density at radius 1 is 1.17 bits per heavy atom. The van der Waals surface area contributed by atoms with E-state index in [9.17, 15) is 0 Å². The third kappa shape index (κ3) is 2.71. The zero-order chi connectivity index (χ0) is 16.5. The Morgan fingerprint density at radius 2 is 2.04 bits per heavy atom. The molecular formula is C17H16N6O. The number of oxazole rings is 1. The Morgan fingerprint density at radius 3 is 2.88 bits per heavy atom. The molecule has 1 aromatic carbocycles. The number of hydrogen-bond donors (Lipinski definition) is 2. The summed E-state index contributed by atoms with van der Waals surface area (Å²) in [6, 6.07) is 11.8. The highest BCUT2D eigenvalue weighted by molar-refractivity contribution is 5.74. The average Bonchev–Trinajstić information content (AvgIpc) is 3.21. The maximum atomic E-state index is 5.67. The molecule has 7 heteroatoms. The number of benzene rings is 1. The summed E-state index contributed by atoms with van der Waals surface area (Å²) in [7, 11) is 0. The number of aromatic amines is 1. The molecule has 3 aromatic heterocycles. The van der Waals surface area contributed by atoms with Gasteiger partial charge in [-0.1, -0.05) is 12.1 Å². The van der Waals surface area contributed by atoms with Crippen molar-refractivity contribution in [3.8, 4) is 11.5 Å². The number of nitrogens with one attached hydrogen (secondary N) is 2. The molecule has 0 radical (unpaired) electrons. The first-order valence-corrected chi connectivity index (χ1v) is 7.66. The number of aromatic nitrogens is 5. The molecule has 0 aliphatic carbocycles. The fourth-order valence-corrected chi connectivity index (χ4v) is 2.43. The van der Waals surface area contributed by atoms with Gasteiger partial charge >= 0.3 is 0 Å². The van der Waals surface area contributed by atoms with Crippen LogP contribution in [-0.2, 0) is 0 Å². The number of para-hydroxylation sites is 2. The molecule has 1 unspecified atom stereocenters. The number of hydrogen-bond acceptors (Lipinski definition) is 6. The van der Waals surface area contributed by atoms with Crippen LogP contribution in [-0.4, -0.2) is 25.1 Å². The molecular weight excluding hydrogens is 304 g/mol. The number of H-pyrrole nitrogens is 1. The summed E-state index contributed by atoms with van der Waals surface area (Å²) in [5.74, 6) is 1.26. The zero-order valence-electron chi connectivity index (χ0n) is 13.3. The summed E-state index contributed by atoms with van der Waals surface area (Å²) in [6.07, 6.45) is 1.75. The molecule has 0 saturated carbocycles. The van der Waals surface area contributed by atoms with Crippen molar-refractivity contribution in [2.75, 3.05) is 5.32 Å². The van der Waals surface area contributed by atoms with Crippen molar-refractivity contribution in [3.63, 3.8) is 0 Å². The number of rotatable bonds is 4.